The minimum absolute atomic E-state index is 0.372. The van der Waals surface area contributed by atoms with Crippen LogP contribution in [0.15, 0.2) is 46.9 Å². The van der Waals surface area contributed by atoms with E-state index in [1.165, 1.54) is 6.07 Å². The molecule has 2 aromatic rings. The highest BCUT2D eigenvalue weighted by Gasteiger charge is 2.21. The summed E-state index contributed by atoms with van der Waals surface area (Å²) in [6.45, 7) is 1.64. The number of nitrogens with one attached hydrogen (secondary N) is 1. The standard InChI is InChI=1S/C15H13BrFNO2/c1-9-6-7-10(8-12(9)17)14(15(19)20)18-13-5-3-2-4-11(13)16/h2-8,14,18H,1H3,(H,19,20). The Kier molecular flexibility index (Phi) is 4.39. The minimum Gasteiger partial charge on any atom is -0.479 e. The molecule has 1 atom stereocenters. The third kappa shape index (κ3) is 3.17. The molecular weight excluding hydrogens is 325 g/mol. The van der Waals surface area contributed by atoms with Gasteiger partial charge in [-0.3, -0.25) is 0 Å². The SMILES string of the molecule is Cc1ccc(C(Nc2ccccc2Br)C(=O)O)cc1F. The molecule has 1 unspecified atom stereocenters. The van der Waals surface area contributed by atoms with Crippen molar-refractivity contribution in [3.63, 3.8) is 0 Å². The van der Waals surface area contributed by atoms with Crippen molar-refractivity contribution in [3.8, 4) is 0 Å². The van der Waals surface area contributed by atoms with Gasteiger partial charge in [0.1, 0.15) is 5.82 Å². The number of hydrogen-bond donors (Lipinski definition) is 2. The largest absolute Gasteiger partial charge is 0.479 e. The lowest BCUT2D eigenvalue weighted by Crippen LogP contribution is -2.21. The van der Waals surface area contributed by atoms with E-state index >= 15 is 0 Å². The maximum absolute atomic E-state index is 13.6. The van der Waals surface area contributed by atoms with Gasteiger partial charge in [-0.15, -0.1) is 0 Å². The number of rotatable bonds is 4. The average molecular weight is 338 g/mol. The summed E-state index contributed by atoms with van der Waals surface area (Å²) in [5, 5.41) is 12.2. The molecule has 0 amide bonds. The van der Waals surface area contributed by atoms with Crippen LogP contribution >= 0.6 is 15.9 Å². The topological polar surface area (TPSA) is 49.3 Å². The van der Waals surface area contributed by atoms with Crippen LogP contribution in [0.3, 0.4) is 0 Å². The number of carboxylic acid groups (broad SMARTS) is 1. The normalized spacial score (nSPS) is 11.9. The monoisotopic (exact) mass is 337 g/mol. The lowest BCUT2D eigenvalue weighted by molar-refractivity contribution is -0.138. The van der Waals surface area contributed by atoms with Gasteiger partial charge >= 0.3 is 5.97 Å². The van der Waals surface area contributed by atoms with E-state index < -0.39 is 17.8 Å². The minimum atomic E-state index is -1.07. The van der Waals surface area contributed by atoms with Crippen LogP contribution in [0, 0.1) is 12.7 Å². The second-order valence-electron chi connectivity index (χ2n) is 4.40. The molecule has 2 N–H and O–H groups in total. The highest BCUT2D eigenvalue weighted by Crippen LogP contribution is 2.27. The molecule has 0 saturated heterocycles. The molecule has 0 aromatic heterocycles. The predicted molar refractivity (Wildman–Crippen MR) is 79.3 cm³/mol. The van der Waals surface area contributed by atoms with E-state index in [4.69, 9.17) is 0 Å². The lowest BCUT2D eigenvalue weighted by atomic mass is 10.0. The van der Waals surface area contributed by atoms with E-state index in [1.54, 1.807) is 37.3 Å². The molecule has 3 nitrogen and oxygen atoms in total. The van der Waals surface area contributed by atoms with E-state index in [0.29, 0.717) is 16.8 Å². The molecule has 0 aliphatic carbocycles. The zero-order chi connectivity index (χ0) is 14.7. The molecule has 0 bridgehead atoms. The maximum Gasteiger partial charge on any atom is 0.330 e. The van der Waals surface area contributed by atoms with Crippen LogP contribution in [0.4, 0.5) is 10.1 Å². The summed E-state index contributed by atoms with van der Waals surface area (Å²) in [5.74, 6) is -1.48. The van der Waals surface area contributed by atoms with Crippen LogP contribution in [-0.4, -0.2) is 11.1 Å². The maximum atomic E-state index is 13.6. The third-order valence-corrected chi connectivity index (χ3v) is 3.64. The summed E-state index contributed by atoms with van der Waals surface area (Å²) in [6.07, 6.45) is 0. The Balaban J connectivity index is 2.34. The Labute approximate surface area is 124 Å². The fourth-order valence-electron chi connectivity index (χ4n) is 1.81. The van der Waals surface area contributed by atoms with Crippen molar-refractivity contribution in [2.75, 3.05) is 5.32 Å². The summed E-state index contributed by atoms with van der Waals surface area (Å²) in [5.41, 5.74) is 1.50. The van der Waals surface area contributed by atoms with Gasteiger partial charge in [-0.1, -0.05) is 24.3 Å². The summed E-state index contributed by atoms with van der Waals surface area (Å²) < 4.78 is 14.3. The van der Waals surface area contributed by atoms with E-state index in [0.717, 1.165) is 4.47 Å². The number of para-hydroxylation sites is 1. The number of aryl methyl sites for hydroxylation is 1. The van der Waals surface area contributed by atoms with Crippen LogP contribution in [0.1, 0.15) is 17.2 Å². The number of carbonyl (C=O) groups is 1. The first kappa shape index (κ1) is 14.5. The third-order valence-electron chi connectivity index (χ3n) is 2.95. The summed E-state index contributed by atoms with van der Waals surface area (Å²) in [7, 11) is 0. The van der Waals surface area contributed by atoms with Crippen molar-refractivity contribution in [1.29, 1.82) is 0 Å². The molecule has 0 spiro atoms. The van der Waals surface area contributed by atoms with Crippen molar-refractivity contribution >= 4 is 27.6 Å². The van der Waals surface area contributed by atoms with Crippen molar-refractivity contribution in [3.05, 3.63) is 63.9 Å². The van der Waals surface area contributed by atoms with Gasteiger partial charge in [-0.2, -0.15) is 0 Å². The number of benzene rings is 2. The summed E-state index contributed by atoms with van der Waals surface area (Å²) in [6, 6.07) is 10.6. The molecule has 104 valence electrons. The molecule has 0 aliphatic heterocycles. The number of carboxylic acids is 1. The first-order chi connectivity index (χ1) is 9.49. The summed E-state index contributed by atoms with van der Waals surface area (Å²) >= 11 is 3.34. The lowest BCUT2D eigenvalue weighted by Gasteiger charge is -2.17. The fourth-order valence-corrected chi connectivity index (χ4v) is 2.21. The van der Waals surface area contributed by atoms with E-state index in [2.05, 4.69) is 21.2 Å². The molecule has 2 aromatic carbocycles. The first-order valence-electron chi connectivity index (χ1n) is 5.99. The van der Waals surface area contributed by atoms with Gasteiger partial charge in [0.05, 0.1) is 0 Å². The van der Waals surface area contributed by atoms with Gasteiger partial charge in [0.15, 0.2) is 6.04 Å². The smallest absolute Gasteiger partial charge is 0.330 e. The van der Waals surface area contributed by atoms with E-state index in [9.17, 15) is 14.3 Å². The zero-order valence-corrected chi connectivity index (χ0v) is 12.3. The van der Waals surface area contributed by atoms with Crippen LogP contribution in [0.5, 0.6) is 0 Å². The molecule has 5 heteroatoms. The molecule has 0 heterocycles. The molecule has 0 fully saturated rings. The van der Waals surface area contributed by atoms with Crippen LogP contribution < -0.4 is 5.32 Å². The van der Waals surface area contributed by atoms with Crippen molar-refractivity contribution in [1.82, 2.24) is 0 Å². The Morgan fingerprint density at radius 1 is 1.30 bits per heavy atom. The molecule has 0 saturated carbocycles. The highest BCUT2D eigenvalue weighted by molar-refractivity contribution is 9.10. The second kappa shape index (κ2) is 6.05. The molecule has 2 rings (SSSR count). The van der Waals surface area contributed by atoms with Crippen molar-refractivity contribution in [2.45, 2.75) is 13.0 Å². The van der Waals surface area contributed by atoms with Gasteiger partial charge in [-0.05, 0) is 52.2 Å². The second-order valence-corrected chi connectivity index (χ2v) is 5.26. The van der Waals surface area contributed by atoms with Gasteiger partial charge in [0.2, 0.25) is 0 Å². The fraction of sp³-hybridized carbons (Fsp3) is 0.133. The van der Waals surface area contributed by atoms with Gasteiger partial charge in [0.25, 0.3) is 0 Å². The van der Waals surface area contributed by atoms with Gasteiger partial charge in [0, 0.05) is 10.2 Å². The zero-order valence-electron chi connectivity index (χ0n) is 10.7. The molecule has 0 aliphatic rings. The molecular formula is C15H13BrFNO2. The Bertz CT molecular complexity index is 646. The van der Waals surface area contributed by atoms with Gasteiger partial charge < -0.3 is 10.4 Å². The van der Waals surface area contributed by atoms with E-state index in [-0.39, 0.29) is 0 Å². The average Bonchev–Trinajstić information content (AvgIpc) is 2.41. The van der Waals surface area contributed by atoms with Crippen LogP contribution in [0.25, 0.3) is 0 Å². The van der Waals surface area contributed by atoms with Crippen molar-refractivity contribution in [2.24, 2.45) is 0 Å². The van der Waals surface area contributed by atoms with Crippen LogP contribution in [-0.2, 0) is 4.79 Å². The first-order valence-corrected chi connectivity index (χ1v) is 6.78. The quantitative estimate of drug-likeness (QED) is 0.881. The number of anilines is 1. The Morgan fingerprint density at radius 3 is 2.60 bits per heavy atom. The highest BCUT2D eigenvalue weighted by atomic mass is 79.9. The summed E-state index contributed by atoms with van der Waals surface area (Å²) in [4.78, 5) is 11.4. The number of halogens is 2. The Morgan fingerprint density at radius 2 is 2.00 bits per heavy atom. The molecule has 0 radical (unpaired) electrons. The predicted octanol–water partition coefficient (Wildman–Crippen LogP) is 4.13. The number of aliphatic carboxylic acids is 1. The Hall–Kier alpha value is -1.88. The molecule has 20 heavy (non-hydrogen) atoms. The van der Waals surface area contributed by atoms with Crippen LogP contribution in [0.2, 0.25) is 0 Å². The van der Waals surface area contributed by atoms with Gasteiger partial charge in [-0.25, -0.2) is 9.18 Å². The van der Waals surface area contributed by atoms with Crippen molar-refractivity contribution < 1.29 is 14.3 Å². The van der Waals surface area contributed by atoms with E-state index in [1.807, 2.05) is 6.07 Å². The number of hydrogen-bond acceptors (Lipinski definition) is 2.